The van der Waals surface area contributed by atoms with Crippen LogP contribution in [0.1, 0.15) is 65.2 Å². The number of hydrogen-bond donors (Lipinski definition) is 1. The Hall–Kier alpha value is -0.570. The van der Waals surface area contributed by atoms with Crippen molar-refractivity contribution in [2.45, 2.75) is 76.9 Å². The number of carboxylic acid groups (broad SMARTS) is 1. The molecule has 3 fully saturated rings. The van der Waals surface area contributed by atoms with Crippen LogP contribution >= 0.6 is 0 Å². The molecule has 0 spiro atoms. The van der Waals surface area contributed by atoms with E-state index >= 15 is 0 Å². The first-order valence-corrected chi connectivity index (χ1v) is 7.85. The molecule has 3 rings (SSSR count). The second-order valence-corrected chi connectivity index (χ2v) is 7.56. The molecule has 0 bridgehead atoms. The molecule has 1 heterocycles. The fourth-order valence-corrected chi connectivity index (χ4v) is 4.72. The van der Waals surface area contributed by atoms with Crippen molar-refractivity contribution in [3.8, 4) is 0 Å². The zero-order valence-corrected chi connectivity index (χ0v) is 12.2. The van der Waals surface area contributed by atoms with E-state index in [1.54, 1.807) is 0 Å². The summed E-state index contributed by atoms with van der Waals surface area (Å²) in [6.07, 6.45) is 8.72. The lowest BCUT2D eigenvalue weighted by atomic mass is 9.63. The Balaban J connectivity index is 1.72. The molecule has 0 aromatic heterocycles. The van der Waals surface area contributed by atoms with Gasteiger partial charge in [-0.15, -0.1) is 0 Å². The minimum absolute atomic E-state index is 0.128. The number of epoxide rings is 1. The highest BCUT2D eigenvalue weighted by Gasteiger charge is 2.62. The van der Waals surface area contributed by atoms with Crippen molar-refractivity contribution < 1.29 is 14.6 Å². The van der Waals surface area contributed by atoms with Gasteiger partial charge in [0.25, 0.3) is 0 Å². The first-order chi connectivity index (χ1) is 8.93. The van der Waals surface area contributed by atoms with Gasteiger partial charge in [0.1, 0.15) is 0 Å². The topological polar surface area (TPSA) is 49.8 Å². The molecule has 3 heteroatoms. The second kappa shape index (κ2) is 4.47. The van der Waals surface area contributed by atoms with Gasteiger partial charge in [-0.25, -0.2) is 0 Å². The van der Waals surface area contributed by atoms with Crippen molar-refractivity contribution in [2.24, 2.45) is 17.3 Å². The van der Waals surface area contributed by atoms with Gasteiger partial charge in [-0.05, 0) is 50.9 Å². The quantitative estimate of drug-likeness (QED) is 0.794. The molecule has 5 atom stereocenters. The third-order valence-corrected chi connectivity index (χ3v) is 5.79. The molecule has 2 aliphatic carbocycles. The molecule has 0 radical (unpaired) electrons. The highest BCUT2D eigenvalue weighted by Crippen LogP contribution is 2.57. The molecule has 1 aliphatic heterocycles. The van der Waals surface area contributed by atoms with Gasteiger partial charge in [0.15, 0.2) is 0 Å². The van der Waals surface area contributed by atoms with Gasteiger partial charge in [0.05, 0.1) is 17.1 Å². The first kappa shape index (κ1) is 13.4. The average Bonchev–Trinajstić information content (AvgIpc) is 2.99. The van der Waals surface area contributed by atoms with E-state index in [2.05, 4.69) is 13.8 Å². The molecule has 3 aliphatic rings. The van der Waals surface area contributed by atoms with E-state index in [1.165, 1.54) is 25.7 Å². The Morgan fingerprint density at radius 3 is 2.79 bits per heavy atom. The van der Waals surface area contributed by atoms with Crippen LogP contribution in [0.4, 0.5) is 0 Å². The maximum Gasteiger partial charge on any atom is 0.309 e. The Bertz CT molecular complexity index is 380. The van der Waals surface area contributed by atoms with Gasteiger partial charge >= 0.3 is 5.97 Å². The van der Waals surface area contributed by atoms with Crippen molar-refractivity contribution in [1.82, 2.24) is 0 Å². The second-order valence-electron chi connectivity index (χ2n) is 7.56. The molecule has 2 saturated carbocycles. The summed E-state index contributed by atoms with van der Waals surface area (Å²) < 4.78 is 5.72. The zero-order valence-electron chi connectivity index (χ0n) is 12.2. The molecular formula is C16H26O3. The van der Waals surface area contributed by atoms with Crippen LogP contribution in [0.5, 0.6) is 0 Å². The molecule has 0 aromatic carbocycles. The largest absolute Gasteiger partial charge is 0.481 e. The predicted octanol–water partition coefficient (Wildman–Crippen LogP) is 3.62. The van der Waals surface area contributed by atoms with Crippen molar-refractivity contribution >= 4 is 5.97 Å². The third kappa shape index (κ3) is 2.42. The summed E-state index contributed by atoms with van der Waals surface area (Å²) in [5, 5.41) is 9.78. The van der Waals surface area contributed by atoms with E-state index in [0.29, 0.717) is 12.0 Å². The molecule has 0 amide bonds. The van der Waals surface area contributed by atoms with Gasteiger partial charge < -0.3 is 9.84 Å². The molecular weight excluding hydrogens is 240 g/mol. The smallest absolute Gasteiger partial charge is 0.309 e. The lowest BCUT2D eigenvalue weighted by molar-refractivity contribution is -0.153. The number of aliphatic carboxylic acids is 1. The lowest BCUT2D eigenvalue weighted by Gasteiger charge is -2.39. The Morgan fingerprint density at radius 2 is 2.16 bits per heavy atom. The minimum Gasteiger partial charge on any atom is -0.481 e. The van der Waals surface area contributed by atoms with Crippen LogP contribution in [0.2, 0.25) is 0 Å². The van der Waals surface area contributed by atoms with Gasteiger partial charge in [0.2, 0.25) is 0 Å². The summed E-state index contributed by atoms with van der Waals surface area (Å²) in [7, 11) is 0. The summed E-state index contributed by atoms with van der Waals surface area (Å²) >= 11 is 0. The monoisotopic (exact) mass is 266 g/mol. The summed E-state index contributed by atoms with van der Waals surface area (Å²) in [4.78, 5) is 11.9. The molecule has 1 N–H and O–H groups in total. The van der Waals surface area contributed by atoms with Crippen LogP contribution in [0, 0.1) is 17.3 Å². The highest BCUT2D eigenvalue weighted by molar-refractivity contribution is 5.75. The molecule has 3 nitrogen and oxygen atoms in total. The molecule has 0 aromatic rings. The summed E-state index contributed by atoms with van der Waals surface area (Å²) in [6.45, 7) is 4.40. The van der Waals surface area contributed by atoms with E-state index in [9.17, 15) is 9.90 Å². The maximum atomic E-state index is 11.9. The van der Waals surface area contributed by atoms with Crippen LogP contribution in [0.15, 0.2) is 0 Å². The number of ether oxygens (including phenoxy) is 1. The van der Waals surface area contributed by atoms with E-state index in [1.807, 2.05) is 0 Å². The Labute approximate surface area is 115 Å². The van der Waals surface area contributed by atoms with Crippen molar-refractivity contribution in [3.05, 3.63) is 0 Å². The number of carbonyl (C=O) groups is 1. The molecule has 5 unspecified atom stereocenters. The van der Waals surface area contributed by atoms with Crippen molar-refractivity contribution in [2.75, 3.05) is 0 Å². The predicted molar refractivity (Wildman–Crippen MR) is 72.9 cm³/mol. The molecule has 1 saturated heterocycles. The number of carboxylic acids is 1. The van der Waals surface area contributed by atoms with Crippen molar-refractivity contribution in [3.63, 3.8) is 0 Å². The SMILES string of the molecule is CC1CCCC(CC2(C(=O)O)CCC3OC3(C)C2)C1. The minimum atomic E-state index is -0.582. The van der Waals surface area contributed by atoms with Crippen LogP contribution in [-0.2, 0) is 9.53 Å². The number of hydrogen-bond acceptors (Lipinski definition) is 2. The molecule has 108 valence electrons. The fourth-order valence-electron chi connectivity index (χ4n) is 4.72. The van der Waals surface area contributed by atoms with Gasteiger partial charge in [-0.2, -0.15) is 0 Å². The zero-order chi connectivity index (χ0) is 13.7. The van der Waals surface area contributed by atoms with E-state index in [0.717, 1.165) is 31.6 Å². The van der Waals surface area contributed by atoms with E-state index < -0.39 is 11.4 Å². The van der Waals surface area contributed by atoms with Crippen LogP contribution in [0.25, 0.3) is 0 Å². The average molecular weight is 266 g/mol. The summed E-state index contributed by atoms with van der Waals surface area (Å²) in [6, 6.07) is 0. The van der Waals surface area contributed by atoms with Gasteiger partial charge in [-0.3, -0.25) is 4.79 Å². The highest BCUT2D eigenvalue weighted by atomic mass is 16.6. The number of rotatable bonds is 3. The normalized spacial score (nSPS) is 49.5. The van der Waals surface area contributed by atoms with Crippen molar-refractivity contribution in [1.29, 1.82) is 0 Å². The summed E-state index contributed by atoms with van der Waals surface area (Å²) in [5.41, 5.74) is -0.638. The first-order valence-electron chi connectivity index (χ1n) is 7.85. The maximum absolute atomic E-state index is 11.9. The third-order valence-electron chi connectivity index (χ3n) is 5.79. The van der Waals surface area contributed by atoms with Crippen LogP contribution in [0.3, 0.4) is 0 Å². The van der Waals surface area contributed by atoms with Gasteiger partial charge in [-0.1, -0.05) is 26.2 Å². The van der Waals surface area contributed by atoms with Crippen LogP contribution in [-0.4, -0.2) is 22.8 Å². The lowest BCUT2D eigenvalue weighted by Crippen LogP contribution is -2.41. The van der Waals surface area contributed by atoms with Crippen LogP contribution < -0.4 is 0 Å². The van der Waals surface area contributed by atoms with Gasteiger partial charge in [0, 0.05) is 0 Å². The standard InChI is InChI=1S/C16H26O3/c1-11-4-3-5-12(8-11)9-16(14(17)18)7-6-13-15(2,10-16)19-13/h11-13H,3-10H2,1-2H3,(H,17,18). The fraction of sp³-hybridized carbons (Fsp3) is 0.938. The number of fused-ring (bicyclic) bond motifs is 1. The molecule has 19 heavy (non-hydrogen) atoms. The van der Waals surface area contributed by atoms with E-state index in [-0.39, 0.29) is 5.60 Å². The summed E-state index contributed by atoms with van der Waals surface area (Å²) in [5.74, 6) is 0.799. The van der Waals surface area contributed by atoms with E-state index in [4.69, 9.17) is 4.74 Å². The Kier molecular flexibility index (Phi) is 3.16. The Morgan fingerprint density at radius 1 is 1.37 bits per heavy atom.